The minimum atomic E-state index is -0.913. The van der Waals surface area contributed by atoms with Crippen LogP contribution in [0.25, 0.3) is 0 Å². The second kappa shape index (κ2) is 7.72. The Morgan fingerprint density at radius 1 is 1.38 bits per heavy atom. The fourth-order valence-corrected chi connectivity index (χ4v) is 3.43. The molecule has 1 aliphatic rings. The van der Waals surface area contributed by atoms with Crippen molar-refractivity contribution in [3.8, 4) is 0 Å². The molecule has 1 fully saturated rings. The lowest BCUT2D eigenvalue weighted by Gasteiger charge is -2.32. The summed E-state index contributed by atoms with van der Waals surface area (Å²) in [5, 5.41) is 20.4. The quantitative estimate of drug-likeness (QED) is 0.816. The van der Waals surface area contributed by atoms with Crippen molar-refractivity contribution in [3.05, 3.63) is 34.9 Å². The van der Waals surface area contributed by atoms with Gasteiger partial charge in [0, 0.05) is 43.7 Å². The Balaban J connectivity index is 1.57. The molecule has 0 unspecified atom stereocenters. The predicted octanol–water partition coefficient (Wildman–Crippen LogP) is 1.65. The van der Waals surface area contributed by atoms with Crippen LogP contribution in [0, 0.1) is 13.8 Å². The predicted molar refractivity (Wildman–Crippen MR) is 94.8 cm³/mol. The molecule has 0 radical (unpaired) electrons. The van der Waals surface area contributed by atoms with Crippen LogP contribution >= 0.6 is 0 Å². The van der Waals surface area contributed by atoms with Gasteiger partial charge >= 0.3 is 5.97 Å². The molecule has 1 aliphatic heterocycles. The highest BCUT2D eigenvalue weighted by Gasteiger charge is 2.26. The molecule has 0 saturated carbocycles. The first-order valence-corrected chi connectivity index (χ1v) is 8.97. The molecule has 2 aromatic rings. The van der Waals surface area contributed by atoms with Gasteiger partial charge in [0.25, 0.3) is 0 Å². The van der Waals surface area contributed by atoms with Gasteiger partial charge in [-0.2, -0.15) is 10.2 Å². The molecule has 0 bridgehead atoms. The zero-order chi connectivity index (χ0) is 18.7. The van der Waals surface area contributed by atoms with Gasteiger partial charge in [0.1, 0.15) is 6.54 Å². The first-order chi connectivity index (χ1) is 12.4. The van der Waals surface area contributed by atoms with Crippen molar-refractivity contribution in [2.45, 2.75) is 52.0 Å². The van der Waals surface area contributed by atoms with Crippen LogP contribution in [0.15, 0.2) is 12.3 Å². The van der Waals surface area contributed by atoms with Gasteiger partial charge in [-0.25, -0.2) is 0 Å². The van der Waals surface area contributed by atoms with E-state index in [2.05, 4.69) is 15.3 Å². The minimum Gasteiger partial charge on any atom is -0.480 e. The molecule has 2 aromatic heterocycles. The number of aromatic amines is 1. The number of H-pyrrole nitrogens is 1. The average Bonchev–Trinajstić information content (AvgIpc) is 3.20. The fourth-order valence-electron chi connectivity index (χ4n) is 3.43. The van der Waals surface area contributed by atoms with Crippen molar-refractivity contribution < 1.29 is 14.7 Å². The van der Waals surface area contributed by atoms with E-state index in [1.165, 1.54) is 4.68 Å². The molecule has 0 spiro atoms. The van der Waals surface area contributed by atoms with Crippen LogP contribution in [-0.4, -0.2) is 55.0 Å². The molecular weight excluding hydrogens is 334 g/mol. The molecule has 0 aromatic carbocycles. The largest absolute Gasteiger partial charge is 0.480 e. The number of nitrogens with zero attached hydrogens (tertiary/aromatic N) is 4. The molecule has 1 amide bonds. The second-order valence-electron chi connectivity index (χ2n) is 6.93. The van der Waals surface area contributed by atoms with E-state index in [9.17, 15) is 9.59 Å². The summed E-state index contributed by atoms with van der Waals surface area (Å²) in [5.74, 6) is -0.610. The van der Waals surface area contributed by atoms with Crippen LogP contribution in [-0.2, 0) is 22.6 Å². The maximum atomic E-state index is 12.6. The van der Waals surface area contributed by atoms with Crippen LogP contribution in [0.3, 0.4) is 0 Å². The van der Waals surface area contributed by atoms with Gasteiger partial charge in [0.2, 0.25) is 5.91 Å². The number of carbonyl (C=O) groups is 2. The maximum Gasteiger partial charge on any atom is 0.325 e. The number of nitrogens with one attached hydrogen (secondary N) is 1. The van der Waals surface area contributed by atoms with E-state index in [1.54, 1.807) is 6.20 Å². The number of rotatable bonds is 6. The van der Waals surface area contributed by atoms with Gasteiger partial charge in [-0.3, -0.25) is 19.4 Å². The van der Waals surface area contributed by atoms with Crippen LogP contribution < -0.4 is 0 Å². The van der Waals surface area contributed by atoms with E-state index in [-0.39, 0.29) is 18.4 Å². The summed E-state index contributed by atoms with van der Waals surface area (Å²) < 4.78 is 1.43. The lowest BCUT2D eigenvalue weighted by molar-refractivity contribution is -0.138. The second-order valence-corrected chi connectivity index (χ2v) is 6.93. The van der Waals surface area contributed by atoms with Gasteiger partial charge in [0.15, 0.2) is 0 Å². The Labute approximate surface area is 152 Å². The van der Waals surface area contributed by atoms with E-state index in [0.717, 1.165) is 42.0 Å². The Bertz CT molecular complexity index is 795. The van der Waals surface area contributed by atoms with Crippen molar-refractivity contribution in [2.75, 3.05) is 13.1 Å². The average molecular weight is 359 g/mol. The van der Waals surface area contributed by atoms with E-state index in [4.69, 9.17) is 5.11 Å². The number of likely N-dealkylation sites (tertiary alicyclic amines) is 1. The fraction of sp³-hybridized carbons (Fsp3) is 0.556. The summed E-state index contributed by atoms with van der Waals surface area (Å²) in [4.78, 5) is 25.3. The molecule has 0 aliphatic carbocycles. The standard InChI is InChI=1S/C18H25N5O3/c1-12-13(2)19-20-15(12)5-6-17(24)22-8-3-4-14(10-22)16-7-9-23(21-16)11-18(25)26/h7,9,14H,3-6,8,10-11H2,1-2H3,(H,19,20)(H,25,26)/t14-/m1/s1. The van der Waals surface area contributed by atoms with E-state index >= 15 is 0 Å². The zero-order valence-corrected chi connectivity index (χ0v) is 15.2. The molecule has 1 atom stereocenters. The Kier molecular flexibility index (Phi) is 5.39. The number of aliphatic carboxylic acids is 1. The van der Waals surface area contributed by atoms with Crippen LogP contribution in [0.4, 0.5) is 0 Å². The van der Waals surface area contributed by atoms with Crippen LogP contribution in [0.2, 0.25) is 0 Å². The van der Waals surface area contributed by atoms with Crippen LogP contribution in [0.5, 0.6) is 0 Å². The third kappa shape index (κ3) is 4.12. The number of carboxylic acid groups (broad SMARTS) is 1. The summed E-state index contributed by atoms with van der Waals surface area (Å²) >= 11 is 0. The summed E-state index contributed by atoms with van der Waals surface area (Å²) in [7, 11) is 0. The highest BCUT2D eigenvalue weighted by molar-refractivity contribution is 5.76. The van der Waals surface area contributed by atoms with Gasteiger partial charge in [-0.05, 0) is 38.3 Å². The van der Waals surface area contributed by atoms with Crippen LogP contribution in [0.1, 0.15) is 47.8 Å². The number of hydrogen-bond acceptors (Lipinski definition) is 4. The van der Waals surface area contributed by atoms with Gasteiger partial charge < -0.3 is 10.0 Å². The minimum absolute atomic E-state index is 0.139. The highest BCUT2D eigenvalue weighted by Crippen LogP contribution is 2.26. The summed E-state index contributed by atoms with van der Waals surface area (Å²) in [6.45, 7) is 5.26. The Morgan fingerprint density at radius 2 is 2.19 bits per heavy atom. The lowest BCUT2D eigenvalue weighted by atomic mass is 9.94. The number of aryl methyl sites for hydroxylation is 2. The molecule has 8 nitrogen and oxygen atoms in total. The number of aromatic nitrogens is 4. The third-order valence-electron chi connectivity index (χ3n) is 5.08. The Hall–Kier alpha value is -2.64. The highest BCUT2D eigenvalue weighted by atomic mass is 16.4. The maximum absolute atomic E-state index is 12.6. The SMILES string of the molecule is Cc1[nH]nc(CCC(=O)N2CCC[C@@H](c3ccn(CC(=O)O)n3)C2)c1C. The first-order valence-electron chi connectivity index (χ1n) is 8.97. The smallest absolute Gasteiger partial charge is 0.325 e. The summed E-state index contributed by atoms with van der Waals surface area (Å²) in [6.07, 6.45) is 4.68. The molecule has 3 heterocycles. The molecule has 8 heteroatoms. The number of amides is 1. The molecule has 2 N–H and O–H groups in total. The van der Waals surface area contributed by atoms with E-state index in [1.807, 2.05) is 24.8 Å². The zero-order valence-electron chi connectivity index (χ0n) is 15.2. The molecule has 3 rings (SSSR count). The number of piperidine rings is 1. The molecule has 26 heavy (non-hydrogen) atoms. The van der Waals surface area contributed by atoms with E-state index in [0.29, 0.717) is 19.4 Å². The number of hydrogen-bond donors (Lipinski definition) is 2. The van der Waals surface area contributed by atoms with Crippen molar-refractivity contribution in [1.82, 2.24) is 24.9 Å². The molecule has 1 saturated heterocycles. The monoisotopic (exact) mass is 359 g/mol. The lowest BCUT2D eigenvalue weighted by Crippen LogP contribution is -2.39. The summed E-state index contributed by atoms with van der Waals surface area (Å²) in [6, 6.07) is 1.86. The van der Waals surface area contributed by atoms with Crippen molar-refractivity contribution >= 4 is 11.9 Å². The van der Waals surface area contributed by atoms with Gasteiger partial charge in [-0.1, -0.05) is 0 Å². The van der Waals surface area contributed by atoms with Crippen molar-refractivity contribution in [3.63, 3.8) is 0 Å². The third-order valence-corrected chi connectivity index (χ3v) is 5.08. The normalized spacial score (nSPS) is 17.5. The number of carboxylic acids is 1. The first kappa shape index (κ1) is 18.2. The summed E-state index contributed by atoms with van der Waals surface area (Å²) in [5.41, 5.74) is 3.99. The topological polar surface area (TPSA) is 104 Å². The molecular formula is C18H25N5O3. The molecule has 140 valence electrons. The van der Waals surface area contributed by atoms with Gasteiger partial charge in [0.05, 0.1) is 11.4 Å². The Morgan fingerprint density at radius 3 is 2.88 bits per heavy atom. The van der Waals surface area contributed by atoms with Gasteiger partial charge in [-0.15, -0.1) is 0 Å². The van der Waals surface area contributed by atoms with Crippen molar-refractivity contribution in [1.29, 1.82) is 0 Å². The van der Waals surface area contributed by atoms with E-state index < -0.39 is 5.97 Å². The number of carbonyl (C=O) groups excluding carboxylic acids is 1. The van der Waals surface area contributed by atoms with Crippen molar-refractivity contribution in [2.24, 2.45) is 0 Å².